The summed E-state index contributed by atoms with van der Waals surface area (Å²) in [5.74, 6) is -0.0164. The van der Waals surface area contributed by atoms with Gasteiger partial charge in [-0.2, -0.15) is 5.10 Å². The van der Waals surface area contributed by atoms with Gasteiger partial charge in [0.05, 0.1) is 23.1 Å². The molecule has 0 aromatic carbocycles. The highest BCUT2D eigenvalue weighted by Gasteiger charge is 2.22. The first-order chi connectivity index (χ1) is 9.17. The van der Waals surface area contributed by atoms with E-state index in [2.05, 4.69) is 10.4 Å². The van der Waals surface area contributed by atoms with Crippen LogP contribution in [0.15, 0.2) is 0 Å². The van der Waals surface area contributed by atoms with Gasteiger partial charge in [-0.25, -0.2) is 0 Å². The van der Waals surface area contributed by atoms with Crippen LogP contribution in [0.4, 0.5) is 0 Å². The van der Waals surface area contributed by atoms with Crippen LogP contribution in [0.2, 0.25) is 0 Å². The van der Waals surface area contributed by atoms with Crippen LogP contribution in [0.25, 0.3) is 0 Å². The lowest BCUT2D eigenvalue weighted by atomic mass is 10.1. The molecule has 1 atom stereocenters. The van der Waals surface area contributed by atoms with Gasteiger partial charge >= 0.3 is 0 Å². The fourth-order valence-corrected chi connectivity index (χ4v) is 2.64. The Morgan fingerprint density at radius 1 is 1.47 bits per heavy atom. The van der Waals surface area contributed by atoms with Crippen molar-refractivity contribution >= 4 is 5.91 Å². The Labute approximate surface area is 114 Å². The van der Waals surface area contributed by atoms with Gasteiger partial charge in [-0.1, -0.05) is 13.8 Å². The Kier molecular flexibility index (Phi) is 4.58. The lowest BCUT2D eigenvalue weighted by molar-refractivity contribution is 0.0856. The number of ether oxygens (including phenoxy) is 1. The summed E-state index contributed by atoms with van der Waals surface area (Å²) in [6, 6.07) is 0. The van der Waals surface area contributed by atoms with Crippen LogP contribution in [-0.2, 0) is 24.6 Å². The number of amides is 1. The summed E-state index contributed by atoms with van der Waals surface area (Å²) in [7, 11) is 1.90. The third kappa shape index (κ3) is 2.97. The molecule has 0 saturated carbocycles. The molecular formula is C14H23N3O2. The monoisotopic (exact) mass is 265 g/mol. The van der Waals surface area contributed by atoms with E-state index in [9.17, 15) is 4.79 Å². The minimum Gasteiger partial charge on any atom is -0.376 e. The molecule has 0 aliphatic carbocycles. The zero-order chi connectivity index (χ0) is 13.8. The average Bonchev–Trinajstić information content (AvgIpc) is 3.02. The van der Waals surface area contributed by atoms with Gasteiger partial charge in [0.2, 0.25) is 0 Å². The van der Waals surface area contributed by atoms with Crippen molar-refractivity contribution < 1.29 is 9.53 Å². The molecule has 1 unspecified atom stereocenters. The number of carbonyl (C=O) groups is 1. The summed E-state index contributed by atoms with van der Waals surface area (Å²) in [5, 5.41) is 7.41. The summed E-state index contributed by atoms with van der Waals surface area (Å²) in [6.07, 6.45) is 3.89. The molecule has 1 aromatic heterocycles. The van der Waals surface area contributed by atoms with E-state index >= 15 is 0 Å². The first-order valence-electron chi connectivity index (χ1n) is 7.11. The van der Waals surface area contributed by atoms with E-state index < -0.39 is 0 Å². The molecule has 1 amide bonds. The van der Waals surface area contributed by atoms with E-state index in [0.29, 0.717) is 6.54 Å². The number of hydrogen-bond acceptors (Lipinski definition) is 3. The Morgan fingerprint density at radius 3 is 2.84 bits per heavy atom. The highest BCUT2D eigenvalue weighted by molar-refractivity contribution is 5.96. The van der Waals surface area contributed by atoms with E-state index in [4.69, 9.17) is 4.74 Å². The van der Waals surface area contributed by atoms with Gasteiger partial charge in [0.1, 0.15) is 0 Å². The third-order valence-electron chi connectivity index (χ3n) is 3.65. The maximum atomic E-state index is 12.4. The van der Waals surface area contributed by atoms with E-state index in [0.717, 1.165) is 49.2 Å². The number of nitrogens with one attached hydrogen (secondary N) is 1. The highest BCUT2D eigenvalue weighted by Crippen LogP contribution is 2.16. The first-order valence-corrected chi connectivity index (χ1v) is 7.11. The lowest BCUT2D eigenvalue weighted by Crippen LogP contribution is -2.32. The van der Waals surface area contributed by atoms with Crippen molar-refractivity contribution in [2.75, 3.05) is 13.2 Å². The molecule has 5 heteroatoms. The van der Waals surface area contributed by atoms with Crippen LogP contribution in [0, 0.1) is 0 Å². The molecular weight excluding hydrogens is 242 g/mol. The van der Waals surface area contributed by atoms with Crippen LogP contribution >= 0.6 is 0 Å². The van der Waals surface area contributed by atoms with Crippen molar-refractivity contribution in [1.29, 1.82) is 0 Å². The minimum atomic E-state index is -0.0164. The van der Waals surface area contributed by atoms with Gasteiger partial charge in [-0.05, 0) is 25.7 Å². The molecule has 0 spiro atoms. The Morgan fingerprint density at radius 2 is 2.26 bits per heavy atom. The van der Waals surface area contributed by atoms with Gasteiger partial charge in [-0.3, -0.25) is 9.48 Å². The summed E-state index contributed by atoms with van der Waals surface area (Å²) in [4.78, 5) is 12.4. The topological polar surface area (TPSA) is 56.2 Å². The van der Waals surface area contributed by atoms with Crippen molar-refractivity contribution in [3.63, 3.8) is 0 Å². The smallest absolute Gasteiger partial charge is 0.255 e. The zero-order valence-electron chi connectivity index (χ0n) is 12.0. The second kappa shape index (κ2) is 6.19. The predicted molar refractivity (Wildman–Crippen MR) is 73.3 cm³/mol. The standard InChI is InChI=1S/C14H23N3O2/c1-4-11-13(12(5-2)17(3)16-11)14(18)15-9-10-7-6-8-19-10/h10H,4-9H2,1-3H3,(H,15,18). The Hall–Kier alpha value is -1.36. The first kappa shape index (κ1) is 14.1. The quantitative estimate of drug-likeness (QED) is 0.876. The van der Waals surface area contributed by atoms with Gasteiger partial charge in [0.15, 0.2) is 0 Å². The molecule has 1 aromatic rings. The van der Waals surface area contributed by atoms with E-state index in [1.54, 1.807) is 0 Å². The van der Waals surface area contributed by atoms with E-state index in [1.807, 2.05) is 25.6 Å². The van der Waals surface area contributed by atoms with Crippen LogP contribution in [0.5, 0.6) is 0 Å². The lowest BCUT2D eigenvalue weighted by Gasteiger charge is -2.11. The fourth-order valence-electron chi connectivity index (χ4n) is 2.64. The second-order valence-electron chi connectivity index (χ2n) is 4.94. The van der Waals surface area contributed by atoms with Crippen LogP contribution in [0.3, 0.4) is 0 Å². The molecule has 1 N–H and O–H groups in total. The minimum absolute atomic E-state index is 0.0164. The summed E-state index contributed by atoms with van der Waals surface area (Å²) >= 11 is 0. The van der Waals surface area contributed by atoms with Gasteiger partial charge in [-0.15, -0.1) is 0 Å². The molecule has 106 valence electrons. The summed E-state index contributed by atoms with van der Waals surface area (Å²) in [5.41, 5.74) is 2.64. The van der Waals surface area contributed by atoms with Crippen molar-refractivity contribution in [3.8, 4) is 0 Å². The van der Waals surface area contributed by atoms with Crippen molar-refractivity contribution in [2.45, 2.75) is 45.6 Å². The van der Waals surface area contributed by atoms with Crippen LogP contribution in [0.1, 0.15) is 48.4 Å². The number of hydrogen-bond donors (Lipinski definition) is 1. The molecule has 1 saturated heterocycles. The molecule has 5 nitrogen and oxygen atoms in total. The molecule has 2 rings (SSSR count). The van der Waals surface area contributed by atoms with Crippen LogP contribution < -0.4 is 5.32 Å². The summed E-state index contributed by atoms with van der Waals surface area (Å²) in [6.45, 7) is 5.49. The maximum Gasteiger partial charge on any atom is 0.255 e. The van der Waals surface area contributed by atoms with E-state index in [1.165, 1.54) is 0 Å². The molecule has 19 heavy (non-hydrogen) atoms. The molecule has 1 aliphatic rings. The number of aryl methyl sites for hydroxylation is 2. The molecule has 2 heterocycles. The van der Waals surface area contributed by atoms with Crippen molar-refractivity contribution in [3.05, 3.63) is 17.0 Å². The van der Waals surface area contributed by atoms with Crippen molar-refractivity contribution in [2.24, 2.45) is 7.05 Å². The molecule has 0 radical (unpaired) electrons. The molecule has 0 bridgehead atoms. The maximum absolute atomic E-state index is 12.4. The van der Waals surface area contributed by atoms with E-state index in [-0.39, 0.29) is 12.0 Å². The number of aromatic nitrogens is 2. The average molecular weight is 265 g/mol. The summed E-state index contributed by atoms with van der Waals surface area (Å²) < 4.78 is 7.34. The van der Waals surface area contributed by atoms with Crippen molar-refractivity contribution in [1.82, 2.24) is 15.1 Å². The van der Waals surface area contributed by atoms with Gasteiger partial charge < -0.3 is 10.1 Å². The third-order valence-corrected chi connectivity index (χ3v) is 3.65. The fraction of sp³-hybridized carbons (Fsp3) is 0.714. The molecule has 1 aliphatic heterocycles. The second-order valence-corrected chi connectivity index (χ2v) is 4.94. The zero-order valence-corrected chi connectivity index (χ0v) is 12.0. The Balaban J connectivity index is 2.08. The van der Waals surface area contributed by atoms with Gasteiger partial charge in [0.25, 0.3) is 5.91 Å². The largest absolute Gasteiger partial charge is 0.376 e. The molecule has 1 fully saturated rings. The number of nitrogens with zero attached hydrogens (tertiary/aromatic N) is 2. The predicted octanol–water partition coefficient (Wildman–Crippen LogP) is 1.45. The van der Waals surface area contributed by atoms with Crippen LogP contribution in [-0.4, -0.2) is 34.9 Å². The SMILES string of the molecule is CCc1nn(C)c(CC)c1C(=O)NCC1CCCO1. The Bertz CT molecular complexity index is 448. The number of carbonyl (C=O) groups excluding carboxylic acids is 1. The highest BCUT2D eigenvalue weighted by atomic mass is 16.5. The van der Waals surface area contributed by atoms with Gasteiger partial charge in [0, 0.05) is 20.2 Å². The number of rotatable bonds is 5. The normalized spacial score (nSPS) is 18.8.